The first-order valence-electron chi connectivity index (χ1n) is 9.24. The molecule has 7 nitrogen and oxygen atoms in total. The van der Waals surface area contributed by atoms with Crippen molar-refractivity contribution in [1.82, 2.24) is 20.0 Å². The average Bonchev–Trinajstić information content (AvgIpc) is 3.21. The average molecular weight is 388 g/mol. The highest BCUT2D eigenvalue weighted by Gasteiger charge is 2.20. The summed E-state index contributed by atoms with van der Waals surface area (Å²) in [5.41, 5.74) is 2.69. The van der Waals surface area contributed by atoms with Gasteiger partial charge in [-0.05, 0) is 26.0 Å². The summed E-state index contributed by atoms with van der Waals surface area (Å²) >= 11 is 0. The second-order valence-corrected chi connectivity index (χ2v) is 6.99. The molecule has 0 radical (unpaired) electrons. The van der Waals surface area contributed by atoms with E-state index in [9.17, 15) is 9.59 Å². The van der Waals surface area contributed by atoms with E-state index in [1.54, 1.807) is 14.0 Å². The van der Waals surface area contributed by atoms with Crippen molar-refractivity contribution in [3.8, 4) is 11.4 Å². The summed E-state index contributed by atoms with van der Waals surface area (Å²) in [6, 6.07) is 15.9. The Morgan fingerprint density at radius 3 is 2.72 bits per heavy atom. The molecule has 7 heteroatoms. The number of para-hydroxylation sites is 1. The number of aryl methyl sites for hydroxylation is 2. The van der Waals surface area contributed by atoms with Crippen LogP contribution in [0.25, 0.3) is 22.3 Å². The summed E-state index contributed by atoms with van der Waals surface area (Å²) in [7, 11) is 1.68. The van der Waals surface area contributed by atoms with Gasteiger partial charge in [0.25, 0.3) is 11.5 Å². The maximum absolute atomic E-state index is 12.9. The van der Waals surface area contributed by atoms with Gasteiger partial charge in [0.1, 0.15) is 6.04 Å². The van der Waals surface area contributed by atoms with Crippen molar-refractivity contribution >= 4 is 16.8 Å². The molecule has 0 saturated heterocycles. The lowest BCUT2D eigenvalue weighted by Crippen LogP contribution is -2.29. The predicted molar refractivity (Wildman–Crippen MR) is 110 cm³/mol. The number of carbonyl (C=O) groups excluding carboxylic acids is 1. The molecule has 2 aromatic carbocycles. The Balaban J connectivity index is 1.61. The summed E-state index contributed by atoms with van der Waals surface area (Å²) in [5, 5.41) is 7.56. The minimum absolute atomic E-state index is 0.249. The largest absolute Gasteiger partial charge is 0.340 e. The van der Waals surface area contributed by atoms with Gasteiger partial charge >= 0.3 is 0 Å². The molecule has 0 spiro atoms. The van der Waals surface area contributed by atoms with Crippen LogP contribution in [-0.4, -0.2) is 20.6 Å². The zero-order valence-corrected chi connectivity index (χ0v) is 16.3. The van der Waals surface area contributed by atoms with Crippen LogP contribution in [0.5, 0.6) is 0 Å². The van der Waals surface area contributed by atoms with E-state index in [0.29, 0.717) is 28.2 Å². The molecule has 4 aromatic rings. The maximum Gasteiger partial charge on any atom is 0.252 e. The van der Waals surface area contributed by atoms with Crippen molar-refractivity contribution in [3.05, 3.63) is 82.0 Å². The highest BCUT2D eigenvalue weighted by atomic mass is 16.5. The van der Waals surface area contributed by atoms with E-state index >= 15 is 0 Å². The second-order valence-electron chi connectivity index (χ2n) is 6.99. The summed E-state index contributed by atoms with van der Waals surface area (Å²) in [6.45, 7) is 3.75. The molecule has 29 heavy (non-hydrogen) atoms. The number of aromatic nitrogens is 3. The van der Waals surface area contributed by atoms with Gasteiger partial charge in [-0.3, -0.25) is 9.59 Å². The second kappa shape index (κ2) is 7.35. The van der Waals surface area contributed by atoms with Crippen molar-refractivity contribution in [2.45, 2.75) is 19.9 Å². The van der Waals surface area contributed by atoms with Gasteiger partial charge in [-0.15, -0.1) is 0 Å². The quantitative estimate of drug-likeness (QED) is 0.579. The minimum atomic E-state index is -0.517. The first kappa shape index (κ1) is 18.6. The fourth-order valence-electron chi connectivity index (χ4n) is 3.25. The Kier molecular flexibility index (Phi) is 4.72. The van der Waals surface area contributed by atoms with Gasteiger partial charge in [0.2, 0.25) is 11.7 Å². The van der Waals surface area contributed by atoms with E-state index in [1.165, 1.54) is 10.6 Å². The number of rotatable bonds is 4. The number of hydrogen-bond donors (Lipinski definition) is 1. The molecule has 0 aliphatic rings. The van der Waals surface area contributed by atoms with Crippen LogP contribution in [0.2, 0.25) is 0 Å². The van der Waals surface area contributed by atoms with Gasteiger partial charge < -0.3 is 14.4 Å². The minimum Gasteiger partial charge on any atom is -0.340 e. The summed E-state index contributed by atoms with van der Waals surface area (Å²) in [5.74, 6) is 0.383. The smallest absolute Gasteiger partial charge is 0.252 e. The van der Waals surface area contributed by atoms with Crippen LogP contribution in [0.15, 0.2) is 63.9 Å². The van der Waals surface area contributed by atoms with Gasteiger partial charge in [0.05, 0.1) is 11.1 Å². The lowest BCUT2D eigenvalue weighted by molar-refractivity contribution is 0.0934. The first-order chi connectivity index (χ1) is 13.9. The fraction of sp³-hybridized carbons (Fsp3) is 0.182. The molecule has 0 bridgehead atoms. The van der Waals surface area contributed by atoms with Crippen LogP contribution >= 0.6 is 0 Å². The van der Waals surface area contributed by atoms with E-state index in [2.05, 4.69) is 15.5 Å². The molecule has 0 saturated carbocycles. The summed E-state index contributed by atoms with van der Waals surface area (Å²) in [6.07, 6.45) is 0. The van der Waals surface area contributed by atoms with Crippen LogP contribution in [0.1, 0.15) is 34.8 Å². The number of nitrogens with zero attached hydrogens (tertiary/aromatic N) is 3. The van der Waals surface area contributed by atoms with E-state index in [0.717, 1.165) is 11.1 Å². The lowest BCUT2D eigenvalue weighted by Gasteiger charge is -2.13. The van der Waals surface area contributed by atoms with E-state index < -0.39 is 6.04 Å². The predicted octanol–water partition coefficient (Wildman–Crippen LogP) is 3.39. The van der Waals surface area contributed by atoms with Crippen molar-refractivity contribution < 1.29 is 9.32 Å². The standard InChI is InChI=1S/C22H20N4O3/c1-13-7-6-8-15(11-13)20-24-22(29-25-20)14(2)23-21(28)17-12-19(27)26(3)18-10-5-4-9-16(17)18/h4-12,14H,1-3H3,(H,23,28). The van der Waals surface area contributed by atoms with Crippen LogP contribution in [0.3, 0.4) is 0 Å². The number of benzene rings is 2. The molecule has 146 valence electrons. The molecule has 1 amide bonds. The number of pyridine rings is 1. The molecule has 0 fully saturated rings. The van der Waals surface area contributed by atoms with Crippen LogP contribution in [0.4, 0.5) is 0 Å². The number of amides is 1. The molecular formula is C22H20N4O3. The normalized spacial score (nSPS) is 12.1. The molecule has 0 aliphatic heterocycles. The molecule has 1 N–H and O–H groups in total. The van der Waals surface area contributed by atoms with E-state index in [-0.39, 0.29) is 11.5 Å². The molecule has 2 heterocycles. The Hall–Kier alpha value is -3.74. The Labute approximate surface area is 167 Å². The molecule has 1 atom stereocenters. The lowest BCUT2D eigenvalue weighted by atomic mass is 10.1. The Morgan fingerprint density at radius 2 is 1.93 bits per heavy atom. The first-order valence-corrected chi connectivity index (χ1v) is 9.24. The molecule has 2 aromatic heterocycles. The third kappa shape index (κ3) is 3.54. The molecule has 1 unspecified atom stereocenters. The fourth-order valence-corrected chi connectivity index (χ4v) is 3.25. The summed E-state index contributed by atoms with van der Waals surface area (Å²) in [4.78, 5) is 29.5. The summed E-state index contributed by atoms with van der Waals surface area (Å²) < 4.78 is 6.86. The third-order valence-electron chi connectivity index (χ3n) is 4.83. The molecule has 4 rings (SSSR count). The van der Waals surface area contributed by atoms with Crippen LogP contribution in [0, 0.1) is 6.92 Å². The number of hydrogen-bond acceptors (Lipinski definition) is 5. The highest BCUT2D eigenvalue weighted by Crippen LogP contribution is 2.21. The van der Waals surface area contributed by atoms with Crippen LogP contribution < -0.4 is 10.9 Å². The Morgan fingerprint density at radius 1 is 1.14 bits per heavy atom. The van der Waals surface area contributed by atoms with Crippen molar-refractivity contribution in [3.63, 3.8) is 0 Å². The van der Waals surface area contributed by atoms with Gasteiger partial charge in [0.15, 0.2) is 0 Å². The number of fused-ring (bicyclic) bond motifs is 1. The molecule has 0 aliphatic carbocycles. The van der Waals surface area contributed by atoms with E-state index in [4.69, 9.17) is 4.52 Å². The third-order valence-corrected chi connectivity index (χ3v) is 4.83. The van der Waals surface area contributed by atoms with Crippen molar-refractivity contribution in [2.24, 2.45) is 7.05 Å². The zero-order chi connectivity index (χ0) is 20.5. The maximum atomic E-state index is 12.9. The van der Waals surface area contributed by atoms with Crippen molar-refractivity contribution in [1.29, 1.82) is 0 Å². The Bertz CT molecular complexity index is 1270. The monoisotopic (exact) mass is 388 g/mol. The van der Waals surface area contributed by atoms with Gasteiger partial charge in [-0.2, -0.15) is 4.98 Å². The zero-order valence-electron chi connectivity index (χ0n) is 16.3. The SMILES string of the molecule is Cc1cccc(-c2noc(C(C)NC(=O)c3cc(=O)n(C)c4ccccc34)n2)c1. The van der Waals surface area contributed by atoms with Gasteiger partial charge in [-0.1, -0.05) is 47.1 Å². The van der Waals surface area contributed by atoms with Gasteiger partial charge in [0, 0.05) is 24.1 Å². The topological polar surface area (TPSA) is 90.0 Å². The molecular weight excluding hydrogens is 368 g/mol. The number of carbonyl (C=O) groups is 1. The number of nitrogens with one attached hydrogen (secondary N) is 1. The van der Waals surface area contributed by atoms with Crippen LogP contribution in [-0.2, 0) is 7.05 Å². The van der Waals surface area contributed by atoms with E-state index in [1.807, 2.05) is 55.5 Å². The van der Waals surface area contributed by atoms with Crippen molar-refractivity contribution in [2.75, 3.05) is 0 Å². The van der Waals surface area contributed by atoms with Gasteiger partial charge in [-0.25, -0.2) is 0 Å². The highest BCUT2D eigenvalue weighted by molar-refractivity contribution is 6.06.